The summed E-state index contributed by atoms with van der Waals surface area (Å²) < 4.78 is 0. The van der Waals surface area contributed by atoms with Crippen LogP contribution in [0.2, 0.25) is 5.02 Å². The second-order valence-corrected chi connectivity index (χ2v) is 9.62. The first kappa shape index (κ1) is 24.7. The minimum atomic E-state index is -0.702. The highest BCUT2D eigenvalue weighted by Crippen LogP contribution is 2.34. The van der Waals surface area contributed by atoms with E-state index < -0.39 is 5.97 Å². The first-order valence-corrected chi connectivity index (χ1v) is 12.2. The van der Waals surface area contributed by atoms with Gasteiger partial charge in [-0.05, 0) is 79.8 Å². The van der Waals surface area contributed by atoms with Crippen molar-refractivity contribution in [3.63, 3.8) is 0 Å². The number of hydrogen-bond donors (Lipinski definition) is 2. The summed E-state index contributed by atoms with van der Waals surface area (Å²) in [4.78, 5) is 17.8. The number of aryl methyl sites for hydroxylation is 2. The lowest BCUT2D eigenvalue weighted by atomic mass is 9.83. The number of carboxylic acids is 1. The standard InChI is InChI=1S/C28H30ClN3O3/c1-18-15-23(29)5-8-25(18)26(17-27(31-35)22-9-12-30-19(2)16-22)20-3-6-24(7-4-20)32-13-10-21(11-14-32)28(33)34/h3-9,12,15-16,21,26,35H,10-11,13-14,17H2,1-2H3,(H,33,34)/t26-/m1/s1. The number of nitrogens with zero attached hydrogens (tertiary/aromatic N) is 3. The van der Waals surface area contributed by atoms with E-state index >= 15 is 0 Å². The highest BCUT2D eigenvalue weighted by atomic mass is 35.5. The van der Waals surface area contributed by atoms with Gasteiger partial charge in [-0.3, -0.25) is 9.78 Å². The Labute approximate surface area is 210 Å². The summed E-state index contributed by atoms with van der Waals surface area (Å²) in [5, 5.41) is 23.5. The lowest BCUT2D eigenvalue weighted by Gasteiger charge is -2.32. The first-order valence-electron chi connectivity index (χ1n) is 11.8. The number of oxime groups is 1. The number of carboxylic acid groups (broad SMARTS) is 1. The second kappa shape index (κ2) is 10.9. The minimum Gasteiger partial charge on any atom is -0.481 e. The van der Waals surface area contributed by atoms with Gasteiger partial charge in [0, 0.05) is 53.6 Å². The summed E-state index contributed by atoms with van der Waals surface area (Å²) in [6.07, 6.45) is 3.54. The van der Waals surface area contributed by atoms with Crippen LogP contribution in [0.3, 0.4) is 0 Å². The minimum absolute atomic E-state index is 0.0431. The van der Waals surface area contributed by atoms with Crippen LogP contribution in [0, 0.1) is 19.8 Å². The summed E-state index contributed by atoms with van der Waals surface area (Å²) in [5.74, 6) is -0.999. The molecule has 1 fully saturated rings. The van der Waals surface area contributed by atoms with Gasteiger partial charge in [-0.1, -0.05) is 35.0 Å². The fourth-order valence-electron chi connectivity index (χ4n) is 4.87. The molecule has 1 atom stereocenters. The molecular formula is C28H30ClN3O3. The molecule has 2 heterocycles. The van der Waals surface area contributed by atoms with Crippen molar-refractivity contribution in [3.8, 4) is 0 Å². The maximum absolute atomic E-state index is 11.3. The number of aromatic nitrogens is 1. The third kappa shape index (κ3) is 5.82. The number of benzene rings is 2. The molecule has 4 rings (SSSR count). The van der Waals surface area contributed by atoms with Crippen LogP contribution in [0.25, 0.3) is 0 Å². The first-order chi connectivity index (χ1) is 16.9. The second-order valence-electron chi connectivity index (χ2n) is 9.18. The number of pyridine rings is 1. The van der Waals surface area contributed by atoms with Crippen LogP contribution in [0.15, 0.2) is 65.9 Å². The van der Waals surface area contributed by atoms with Gasteiger partial charge < -0.3 is 15.2 Å². The predicted molar refractivity (Wildman–Crippen MR) is 139 cm³/mol. The summed E-state index contributed by atoms with van der Waals surface area (Å²) >= 11 is 6.24. The molecule has 0 aliphatic carbocycles. The quantitative estimate of drug-likeness (QED) is 0.238. The number of aliphatic carboxylic acids is 1. The van der Waals surface area contributed by atoms with Crippen molar-refractivity contribution in [2.45, 2.75) is 39.0 Å². The topological polar surface area (TPSA) is 86.0 Å². The average molecular weight is 492 g/mol. The van der Waals surface area contributed by atoms with Crippen molar-refractivity contribution in [1.82, 2.24) is 4.98 Å². The van der Waals surface area contributed by atoms with Gasteiger partial charge in [-0.15, -0.1) is 0 Å². The molecule has 1 saturated heterocycles. The third-order valence-electron chi connectivity index (χ3n) is 6.86. The highest BCUT2D eigenvalue weighted by molar-refractivity contribution is 6.30. The number of anilines is 1. The maximum Gasteiger partial charge on any atom is 0.306 e. The van der Waals surface area contributed by atoms with Crippen LogP contribution < -0.4 is 4.90 Å². The van der Waals surface area contributed by atoms with Gasteiger partial charge in [-0.2, -0.15) is 0 Å². The largest absolute Gasteiger partial charge is 0.481 e. The number of carbonyl (C=O) groups is 1. The van der Waals surface area contributed by atoms with Gasteiger partial charge in [-0.25, -0.2) is 0 Å². The number of rotatable bonds is 7. The number of hydrogen-bond acceptors (Lipinski definition) is 5. The van der Waals surface area contributed by atoms with E-state index in [0.717, 1.165) is 46.7 Å². The van der Waals surface area contributed by atoms with E-state index in [0.29, 0.717) is 30.0 Å². The van der Waals surface area contributed by atoms with Gasteiger partial charge >= 0.3 is 5.97 Å². The molecule has 1 aromatic heterocycles. The van der Waals surface area contributed by atoms with Crippen molar-refractivity contribution in [2.75, 3.05) is 18.0 Å². The Morgan fingerprint density at radius 2 is 1.83 bits per heavy atom. The van der Waals surface area contributed by atoms with Crippen molar-refractivity contribution in [3.05, 3.63) is 93.8 Å². The Kier molecular flexibility index (Phi) is 7.71. The van der Waals surface area contributed by atoms with Crippen molar-refractivity contribution >= 4 is 29.0 Å². The molecule has 1 aliphatic heterocycles. The normalized spacial score (nSPS) is 15.7. The van der Waals surface area contributed by atoms with Crippen molar-refractivity contribution < 1.29 is 15.1 Å². The maximum atomic E-state index is 11.3. The lowest BCUT2D eigenvalue weighted by molar-refractivity contribution is -0.142. The molecule has 0 spiro atoms. The van der Waals surface area contributed by atoms with Gasteiger partial charge in [0.05, 0.1) is 11.6 Å². The van der Waals surface area contributed by atoms with Gasteiger partial charge in [0.1, 0.15) is 0 Å². The molecule has 182 valence electrons. The molecular weight excluding hydrogens is 462 g/mol. The van der Waals surface area contributed by atoms with E-state index in [-0.39, 0.29) is 11.8 Å². The van der Waals surface area contributed by atoms with E-state index in [1.165, 1.54) is 0 Å². The van der Waals surface area contributed by atoms with Crippen molar-refractivity contribution in [1.29, 1.82) is 0 Å². The smallest absolute Gasteiger partial charge is 0.306 e. The molecule has 6 nitrogen and oxygen atoms in total. The molecule has 1 aliphatic rings. The van der Waals surface area contributed by atoms with Gasteiger partial charge in [0.25, 0.3) is 0 Å². The Morgan fingerprint density at radius 3 is 2.43 bits per heavy atom. The Morgan fingerprint density at radius 1 is 1.11 bits per heavy atom. The molecule has 35 heavy (non-hydrogen) atoms. The van der Waals surface area contributed by atoms with Crippen molar-refractivity contribution in [2.24, 2.45) is 11.1 Å². The van der Waals surface area contributed by atoms with Gasteiger partial charge in [0.15, 0.2) is 0 Å². The monoisotopic (exact) mass is 491 g/mol. The van der Waals surface area contributed by atoms with E-state index in [1.54, 1.807) is 6.20 Å². The molecule has 3 aromatic rings. The Balaban J connectivity index is 1.63. The fraction of sp³-hybridized carbons (Fsp3) is 0.321. The summed E-state index contributed by atoms with van der Waals surface area (Å²) in [5.41, 5.74) is 6.68. The summed E-state index contributed by atoms with van der Waals surface area (Å²) in [6, 6.07) is 18.1. The van der Waals surface area contributed by atoms with Crippen LogP contribution in [0.1, 0.15) is 53.1 Å². The van der Waals surface area contributed by atoms with Crippen LogP contribution >= 0.6 is 11.6 Å². The molecule has 0 bridgehead atoms. The molecule has 2 N–H and O–H groups in total. The van der Waals surface area contributed by atoms with Gasteiger partial charge in [0.2, 0.25) is 0 Å². The Bertz CT molecular complexity index is 1220. The SMILES string of the molecule is Cc1cc(C(C[C@H](c2ccc(N3CCC(C(=O)O)CC3)cc2)c2ccc(Cl)cc2C)=NO)ccn1. The van der Waals surface area contributed by atoms with Crippen LogP contribution in [-0.2, 0) is 4.79 Å². The molecule has 0 saturated carbocycles. The zero-order valence-electron chi connectivity index (χ0n) is 20.0. The van der Waals surface area contributed by atoms with E-state index in [9.17, 15) is 15.1 Å². The number of halogens is 1. The zero-order chi connectivity index (χ0) is 24.9. The molecule has 0 amide bonds. The van der Waals surface area contributed by atoms with E-state index in [2.05, 4.69) is 39.3 Å². The molecule has 7 heteroatoms. The summed E-state index contributed by atoms with van der Waals surface area (Å²) in [7, 11) is 0. The summed E-state index contributed by atoms with van der Waals surface area (Å²) in [6.45, 7) is 5.43. The fourth-order valence-corrected chi connectivity index (χ4v) is 5.10. The molecule has 0 unspecified atom stereocenters. The van der Waals surface area contributed by atoms with E-state index in [4.69, 9.17) is 11.6 Å². The average Bonchev–Trinajstić information content (AvgIpc) is 2.86. The van der Waals surface area contributed by atoms with Crippen LogP contribution in [0.4, 0.5) is 5.69 Å². The molecule has 2 aromatic carbocycles. The highest BCUT2D eigenvalue weighted by Gasteiger charge is 2.25. The zero-order valence-corrected chi connectivity index (χ0v) is 20.7. The van der Waals surface area contributed by atoms with Crippen LogP contribution in [0.5, 0.6) is 0 Å². The Hall–Kier alpha value is -3.38. The molecule has 0 radical (unpaired) electrons. The lowest BCUT2D eigenvalue weighted by Crippen LogP contribution is -2.36. The van der Waals surface area contributed by atoms with Crippen LogP contribution in [-0.4, -0.2) is 40.1 Å². The number of piperidine rings is 1. The third-order valence-corrected chi connectivity index (χ3v) is 7.10. The van der Waals surface area contributed by atoms with E-state index in [1.807, 2.05) is 44.2 Å². The predicted octanol–water partition coefficient (Wildman–Crippen LogP) is 6.05.